The van der Waals surface area contributed by atoms with Gasteiger partial charge in [0.1, 0.15) is 17.1 Å². The minimum Gasteiger partial charge on any atom is -0.448 e. The van der Waals surface area contributed by atoms with Crippen LogP contribution in [0.2, 0.25) is 0 Å². The lowest BCUT2D eigenvalue weighted by Gasteiger charge is -2.36. The Balaban J connectivity index is 0.895. The van der Waals surface area contributed by atoms with Crippen LogP contribution < -0.4 is 5.73 Å². The maximum absolute atomic E-state index is 13.9. The predicted molar refractivity (Wildman–Crippen MR) is 184 cm³/mol. The Morgan fingerprint density at radius 3 is 2.28 bits per heavy atom. The van der Waals surface area contributed by atoms with Crippen LogP contribution in [0.4, 0.5) is 4.79 Å². The Kier molecular flexibility index (Phi) is 7.95. The van der Waals surface area contributed by atoms with Gasteiger partial charge in [-0.05, 0) is 59.9 Å². The number of nitrogens with zero attached hydrogens (tertiary/aromatic N) is 4. The summed E-state index contributed by atoms with van der Waals surface area (Å²) in [5, 5.41) is 0.938. The summed E-state index contributed by atoms with van der Waals surface area (Å²) in [6, 6.07) is 28.1. The second-order valence-corrected chi connectivity index (χ2v) is 13.8. The van der Waals surface area contributed by atoms with Gasteiger partial charge in [-0.25, -0.2) is 9.78 Å². The van der Waals surface area contributed by atoms with Crippen molar-refractivity contribution in [1.29, 1.82) is 0 Å². The average Bonchev–Trinajstić information content (AvgIpc) is 3.86. The summed E-state index contributed by atoms with van der Waals surface area (Å²) in [6.45, 7) is 2.03. The highest BCUT2D eigenvalue weighted by molar-refractivity contribution is 7.18. The molecule has 2 aliphatic heterocycles. The van der Waals surface area contributed by atoms with Crippen LogP contribution in [0.1, 0.15) is 53.8 Å². The minimum atomic E-state index is -0.615. The molecule has 0 bridgehead atoms. The molecule has 0 saturated carbocycles. The molecule has 2 fully saturated rings. The number of piperidine rings is 1. The van der Waals surface area contributed by atoms with Crippen molar-refractivity contribution >= 4 is 33.6 Å². The molecule has 0 spiro atoms. The number of nitrogens with two attached hydrogens (primary N) is 1. The molecule has 9 heteroatoms. The van der Waals surface area contributed by atoms with Crippen LogP contribution in [0.3, 0.4) is 0 Å². The van der Waals surface area contributed by atoms with Crippen LogP contribution in [0.25, 0.3) is 32.6 Å². The van der Waals surface area contributed by atoms with E-state index in [4.69, 9.17) is 15.5 Å². The van der Waals surface area contributed by atoms with E-state index in [-0.39, 0.29) is 29.9 Å². The van der Waals surface area contributed by atoms with E-state index in [0.29, 0.717) is 39.1 Å². The topological polar surface area (TPSA) is 102 Å². The molecule has 4 heterocycles. The molecule has 8 rings (SSSR count). The SMILES string of the molecule is N[C@H](C(=O)N1CCC[C@H]1c1nc2c(-c3ccccc3)nccc2s1)C1CCN(C(=O)OCC2c3ccccc3-c3ccccc32)CC1. The van der Waals surface area contributed by atoms with Gasteiger partial charge in [0.2, 0.25) is 5.91 Å². The normalized spacial score (nSPS) is 18.7. The monoisotopic (exact) mass is 643 g/mol. The van der Waals surface area contributed by atoms with Gasteiger partial charge in [-0.1, -0.05) is 78.9 Å². The first-order chi connectivity index (χ1) is 23.1. The highest BCUT2D eigenvalue weighted by Crippen LogP contribution is 2.45. The van der Waals surface area contributed by atoms with Gasteiger partial charge in [0.05, 0.1) is 22.5 Å². The summed E-state index contributed by atoms with van der Waals surface area (Å²) in [6.07, 6.45) is 4.65. The number of thiazole rings is 1. The third kappa shape index (κ3) is 5.47. The van der Waals surface area contributed by atoms with Gasteiger partial charge < -0.3 is 20.3 Å². The molecular weight excluding hydrogens is 607 g/mol. The Bertz CT molecular complexity index is 1890. The van der Waals surface area contributed by atoms with Crippen molar-refractivity contribution in [2.24, 2.45) is 11.7 Å². The van der Waals surface area contributed by atoms with Crippen LogP contribution >= 0.6 is 11.3 Å². The fourth-order valence-corrected chi connectivity index (χ4v) is 8.74. The average molecular weight is 644 g/mol. The van der Waals surface area contributed by atoms with Crippen LogP contribution in [0.15, 0.2) is 91.1 Å². The maximum Gasteiger partial charge on any atom is 0.409 e. The summed E-state index contributed by atoms with van der Waals surface area (Å²) in [5.41, 5.74) is 14.3. The Hall–Kier alpha value is -4.60. The van der Waals surface area contributed by atoms with Crippen molar-refractivity contribution in [2.45, 2.75) is 43.7 Å². The van der Waals surface area contributed by atoms with Crippen molar-refractivity contribution < 1.29 is 14.3 Å². The third-order valence-electron chi connectivity index (χ3n) is 10.1. The van der Waals surface area contributed by atoms with Crippen LogP contribution in [0, 0.1) is 5.92 Å². The van der Waals surface area contributed by atoms with E-state index in [0.717, 1.165) is 39.3 Å². The number of carbonyl (C=O) groups excluding carboxylic acids is 2. The lowest BCUT2D eigenvalue weighted by molar-refractivity contribution is -0.135. The molecule has 1 aliphatic carbocycles. The first-order valence-corrected chi connectivity index (χ1v) is 17.4. The van der Waals surface area contributed by atoms with Gasteiger partial charge in [-0.3, -0.25) is 9.78 Å². The number of aromatic nitrogens is 2. The van der Waals surface area contributed by atoms with E-state index in [9.17, 15) is 9.59 Å². The van der Waals surface area contributed by atoms with Crippen LogP contribution in [0.5, 0.6) is 0 Å². The van der Waals surface area contributed by atoms with Gasteiger partial charge in [0.25, 0.3) is 0 Å². The molecule has 0 radical (unpaired) electrons. The molecule has 2 N–H and O–H groups in total. The van der Waals surface area contributed by atoms with Gasteiger partial charge in [-0.2, -0.15) is 0 Å². The third-order valence-corrected chi connectivity index (χ3v) is 11.2. The molecule has 2 saturated heterocycles. The summed E-state index contributed by atoms with van der Waals surface area (Å²) < 4.78 is 6.97. The van der Waals surface area contributed by atoms with Gasteiger partial charge in [-0.15, -0.1) is 11.3 Å². The van der Waals surface area contributed by atoms with Crippen molar-refractivity contribution in [2.75, 3.05) is 26.2 Å². The first-order valence-electron chi connectivity index (χ1n) is 16.5. The zero-order valence-electron chi connectivity index (χ0n) is 26.1. The second-order valence-electron chi connectivity index (χ2n) is 12.8. The maximum atomic E-state index is 13.9. The second kappa shape index (κ2) is 12.5. The number of fused-ring (bicyclic) bond motifs is 4. The molecule has 3 aromatic carbocycles. The van der Waals surface area contributed by atoms with E-state index in [2.05, 4.69) is 29.2 Å². The molecule has 2 aromatic heterocycles. The minimum absolute atomic E-state index is 0.00522. The number of rotatable bonds is 6. The van der Waals surface area contributed by atoms with Crippen LogP contribution in [-0.2, 0) is 9.53 Å². The lowest BCUT2D eigenvalue weighted by atomic mass is 9.89. The summed E-state index contributed by atoms with van der Waals surface area (Å²) >= 11 is 1.64. The number of likely N-dealkylation sites (tertiary alicyclic amines) is 2. The summed E-state index contributed by atoms with van der Waals surface area (Å²) in [7, 11) is 0. The fourth-order valence-electron chi connectivity index (χ4n) is 7.63. The number of benzene rings is 3. The van der Waals surface area contributed by atoms with Crippen molar-refractivity contribution in [3.63, 3.8) is 0 Å². The lowest BCUT2D eigenvalue weighted by Crippen LogP contribution is -2.51. The quantitative estimate of drug-likeness (QED) is 0.214. The molecule has 8 nitrogen and oxygen atoms in total. The highest BCUT2D eigenvalue weighted by atomic mass is 32.1. The van der Waals surface area contributed by atoms with E-state index >= 15 is 0 Å². The molecule has 5 aromatic rings. The number of pyridine rings is 1. The zero-order chi connectivity index (χ0) is 31.9. The molecule has 2 atom stereocenters. The van der Waals surface area contributed by atoms with E-state index < -0.39 is 6.04 Å². The highest BCUT2D eigenvalue weighted by Gasteiger charge is 2.39. The molecule has 0 unspecified atom stereocenters. The Labute approximate surface area is 278 Å². The van der Waals surface area contributed by atoms with Crippen molar-refractivity contribution in [3.8, 4) is 22.4 Å². The number of ether oxygens (including phenoxy) is 1. The zero-order valence-corrected chi connectivity index (χ0v) is 26.9. The summed E-state index contributed by atoms with van der Waals surface area (Å²) in [4.78, 5) is 40.4. The van der Waals surface area contributed by atoms with E-state index in [1.54, 1.807) is 16.2 Å². The number of hydrogen-bond donors (Lipinski definition) is 1. The Morgan fingerprint density at radius 1 is 0.872 bits per heavy atom. The number of hydrogen-bond acceptors (Lipinski definition) is 7. The first kappa shape index (κ1) is 29.8. The van der Waals surface area contributed by atoms with Gasteiger partial charge >= 0.3 is 6.09 Å². The predicted octanol–water partition coefficient (Wildman–Crippen LogP) is 7.01. The molecule has 47 heavy (non-hydrogen) atoms. The molecular formula is C38H37N5O3S. The van der Waals surface area contributed by atoms with Gasteiger partial charge in [0.15, 0.2) is 0 Å². The molecule has 238 valence electrons. The van der Waals surface area contributed by atoms with E-state index in [1.165, 1.54) is 22.3 Å². The van der Waals surface area contributed by atoms with Crippen molar-refractivity contribution in [1.82, 2.24) is 19.8 Å². The number of amides is 2. The molecule has 2 amide bonds. The largest absolute Gasteiger partial charge is 0.448 e. The summed E-state index contributed by atoms with van der Waals surface area (Å²) in [5.74, 6) is 0.0124. The number of carbonyl (C=O) groups is 2. The fraction of sp³-hybridized carbons (Fsp3) is 0.316. The van der Waals surface area contributed by atoms with Gasteiger partial charge in [0, 0.05) is 37.3 Å². The van der Waals surface area contributed by atoms with E-state index in [1.807, 2.05) is 71.8 Å². The Morgan fingerprint density at radius 2 is 1.55 bits per heavy atom. The molecule has 3 aliphatic rings. The standard InChI is InChI=1S/C38H37N5O3S/c39-33(37(44)43-20-8-15-31(43)36-41-35-32(47-36)16-19-40-34(35)25-9-2-1-3-10-25)24-17-21-42(22-18-24)38(45)46-23-30-28-13-6-4-11-26(28)27-12-5-7-14-29(27)30/h1-7,9-14,16,19,24,30-31,33H,8,15,17-18,20-23,39H2/t31-,33-/m0/s1. The van der Waals surface area contributed by atoms with Crippen molar-refractivity contribution in [3.05, 3.63) is 107 Å². The smallest absolute Gasteiger partial charge is 0.409 e. The van der Waals surface area contributed by atoms with Crippen LogP contribution in [-0.4, -0.2) is 64.1 Å².